The van der Waals surface area contributed by atoms with Gasteiger partial charge < -0.3 is 44.0 Å². The van der Waals surface area contributed by atoms with Gasteiger partial charge in [0.25, 0.3) is 0 Å². The molecule has 12 nitrogen and oxygen atoms in total. The van der Waals surface area contributed by atoms with Crippen LogP contribution in [0.4, 0.5) is 0 Å². The quantitative estimate of drug-likeness (QED) is 0.102. The highest BCUT2D eigenvalue weighted by Crippen LogP contribution is 2.18. The third kappa shape index (κ3) is 37.0. The molecule has 0 aromatic carbocycles. The number of carbonyl (C=O) groups excluding carboxylic acids is 3. The number of Topliss-reactive ketones (excluding diaryl/α,β-unsaturated/α-hetero) is 1. The number of carbonyl (C=O) groups is 3. The number of nitrogens with one attached hydrogen (secondary N) is 2. The summed E-state index contributed by atoms with van der Waals surface area (Å²) in [5.74, 6) is 0.393. The number of ether oxygens (including phenoxy) is 6. The molecule has 0 aliphatic carbocycles. The Morgan fingerprint density at radius 1 is 0.489 bits per heavy atom. The summed E-state index contributed by atoms with van der Waals surface area (Å²) in [7, 11) is 2.08. The molecular formula is C35H69N3O9. The second kappa shape index (κ2) is 29.3. The van der Waals surface area contributed by atoms with Crippen LogP contribution in [0.2, 0.25) is 0 Å². The summed E-state index contributed by atoms with van der Waals surface area (Å²) in [6, 6.07) is 0. The lowest BCUT2D eigenvalue weighted by atomic mass is 9.92. The number of unbranched alkanes of at least 4 members (excludes halogenated alkanes) is 1. The molecule has 47 heavy (non-hydrogen) atoms. The molecule has 0 aromatic heterocycles. The fourth-order valence-corrected chi connectivity index (χ4v) is 4.26. The van der Waals surface area contributed by atoms with Crippen LogP contribution in [-0.4, -0.2) is 135 Å². The van der Waals surface area contributed by atoms with Gasteiger partial charge in [0, 0.05) is 38.8 Å². The first-order valence-electron chi connectivity index (χ1n) is 17.5. The van der Waals surface area contributed by atoms with Gasteiger partial charge in [-0.1, -0.05) is 41.5 Å². The second-order valence-electron chi connectivity index (χ2n) is 14.3. The molecule has 12 heteroatoms. The Labute approximate surface area is 285 Å². The van der Waals surface area contributed by atoms with E-state index in [2.05, 4.69) is 43.4 Å². The predicted molar refractivity (Wildman–Crippen MR) is 185 cm³/mol. The van der Waals surface area contributed by atoms with Crippen molar-refractivity contribution >= 4 is 17.6 Å². The molecule has 0 aliphatic rings. The number of hydrogen-bond donors (Lipinski definition) is 2. The maximum atomic E-state index is 12.1. The lowest BCUT2D eigenvalue weighted by Gasteiger charge is -2.18. The topological polar surface area (TPSA) is 134 Å². The number of ketones is 1. The minimum Gasteiger partial charge on any atom is -0.379 e. The van der Waals surface area contributed by atoms with Crippen LogP contribution in [0.3, 0.4) is 0 Å². The van der Waals surface area contributed by atoms with Crippen molar-refractivity contribution in [2.75, 3.05) is 113 Å². The van der Waals surface area contributed by atoms with Crippen molar-refractivity contribution in [3.63, 3.8) is 0 Å². The van der Waals surface area contributed by atoms with Gasteiger partial charge in [-0.05, 0) is 50.2 Å². The highest BCUT2D eigenvalue weighted by molar-refractivity contribution is 5.78. The molecule has 0 heterocycles. The summed E-state index contributed by atoms with van der Waals surface area (Å²) >= 11 is 0. The molecule has 278 valence electrons. The minimum atomic E-state index is -0.0145. The van der Waals surface area contributed by atoms with Crippen molar-refractivity contribution in [2.24, 2.45) is 10.8 Å². The summed E-state index contributed by atoms with van der Waals surface area (Å²) in [5.41, 5.74) is -0.00150. The first-order chi connectivity index (χ1) is 22.3. The van der Waals surface area contributed by atoms with Gasteiger partial charge in [0.2, 0.25) is 11.8 Å². The van der Waals surface area contributed by atoms with Gasteiger partial charge >= 0.3 is 0 Å². The molecular weight excluding hydrogens is 606 g/mol. The van der Waals surface area contributed by atoms with E-state index in [1.165, 1.54) is 0 Å². The Hall–Kier alpha value is -1.67. The molecule has 0 unspecified atom stereocenters. The molecule has 0 fully saturated rings. The molecule has 2 N–H and O–H groups in total. The van der Waals surface area contributed by atoms with Crippen LogP contribution in [0.5, 0.6) is 0 Å². The summed E-state index contributed by atoms with van der Waals surface area (Å²) in [6.45, 7) is 21.1. The molecule has 0 radical (unpaired) electrons. The van der Waals surface area contributed by atoms with E-state index >= 15 is 0 Å². The van der Waals surface area contributed by atoms with Crippen LogP contribution in [-0.2, 0) is 42.8 Å². The third-order valence-corrected chi connectivity index (χ3v) is 6.62. The van der Waals surface area contributed by atoms with E-state index in [4.69, 9.17) is 28.4 Å². The first kappa shape index (κ1) is 45.3. The Morgan fingerprint density at radius 2 is 0.872 bits per heavy atom. The monoisotopic (exact) mass is 676 g/mol. The van der Waals surface area contributed by atoms with Gasteiger partial charge in [-0.2, -0.15) is 0 Å². The smallest absolute Gasteiger partial charge is 0.220 e. The maximum absolute atomic E-state index is 12.1. The van der Waals surface area contributed by atoms with Crippen molar-refractivity contribution in [1.29, 1.82) is 0 Å². The van der Waals surface area contributed by atoms with Crippen LogP contribution in [0.15, 0.2) is 0 Å². The highest BCUT2D eigenvalue weighted by Gasteiger charge is 2.16. The van der Waals surface area contributed by atoms with E-state index in [0.717, 1.165) is 32.4 Å². The third-order valence-electron chi connectivity index (χ3n) is 6.62. The maximum Gasteiger partial charge on any atom is 0.220 e. The zero-order chi connectivity index (χ0) is 35.2. The van der Waals surface area contributed by atoms with Crippen LogP contribution < -0.4 is 10.6 Å². The minimum absolute atomic E-state index is 0.0130. The SMILES string of the molecule is CN(CCCCC(=O)CCOCCOCCOCCOCCOCCOCCNC(=O)CC(C)(C)C)CCCNC(=O)CC(C)(C)C. The summed E-state index contributed by atoms with van der Waals surface area (Å²) in [6.07, 6.45) is 4.85. The zero-order valence-electron chi connectivity index (χ0n) is 30.9. The number of nitrogens with zero attached hydrogens (tertiary/aromatic N) is 1. The van der Waals surface area contributed by atoms with Crippen molar-refractivity contribution in [1.82, 2.24) is 15.5 Å². The number of rotatable bonds is 32. The fraction of sp³-hybridized carbons (Fsp3) is 0.914. The van der Waals surface area contributed by atoms with Crippen molar-refractivity contribution in [2.45, 2.75) is 86.5 Å². The van der Waals surface area contributed by atoms with Gasteiger partial charge in [-0.3, -0.25) is 14.4 Å². The first-order valence-corrected chi connectivity index (χ1v) is 17.5. The van der Waals surface area contributed by atoms with Crippen molar-refractivity contribution in [3.05, 3.63) is 0 Å². The van der Waals surface area contributed by atoms with Gasteiger partial charge in [0.15, 0.2) is 0 Å². The molecule has 0 saturated heterocycles. The summed E-state index contributed by atoms with van der Waals surface area (Å²) in [5, 5.41) is 5.84. The Morgan fingerprint density at radius 3 is 1.32 bits per heavy atom. The van der Waals surface area contributed by atoms with Crippen LogP contribution >= 0.6 is 0 Å². The van der Waals surface area contributed by atoms with Gasteiger partial charge in [0.05, 0.1) is 79.3 Å². The number of hydrogen-bond acceptors (Lipinski definition) is 10. The Bertz CT molecular complexity index is 785. The largest absolute Gasteiger partial charge is 0.379 e. The molecule has 0 saturated carbocycles. The molecule has 0 aliphatic heterocycles. The van der Waals surface area contributed by atoms with E-state index in [-0.39, 0.29) is 28.4 Å². The van der Waals surface area contributed by atoms with Crippen molar-refractivity contribution in [3.8, 4) is 0 Å². The molecule has 0 aromatic rings. The highest BCUT2D eigenvalue weighted by atomic mass is 16.6. The van der Waals surface area contributed by atoms with Crippen LogP contribution in [0.25, 0.3) is 0 Å². The van der Waals surface area contributed by atoms with Crippen molar-refractivity contribution < 1.29 is 42.8 Å². The van der Waals surface area contributed by atoms with E-state index in [0.29, 0.717) is 118 Å². The molecule has 2 amide bonds. The average Bonchev–Trinajstić information content (AvgIpc) is 2.96. The van der Waals surface area contributed by atoms with Gasteiger partial charge in [-0.15, -0.1) is 0 Å². The van der Waals surface area contributed by atoms with E-state index in [9.17, 15) is 14.4 Å². The van der Waals surface area contributed by atoms with Gasteiger partial charge in [-0.25, -0.2) is 0 Å². The van der Waals surface area contributed by atoms with Crippen LogP contribution in [0.1, 0.15) is 86.5 Å². The standard InChI is InChI=1S/C35H69N3O9/c1-34(2,3)29-32(40)36-13-10-16-38(7)15-9-8-11-31(39)12-17-42-19-21-44-23-25-46-27-28-47-26-24-45-22-20-43-18-14-37-33(41)30-35(4,5)6/h8-30H2,1-7H3,(H,36,40)(H,37,41). The Balaban J connectivity index is 3.32. The molecule has 0 spiro atoms. The molecule has 0 bridgehead atoms. The zero-order valence-corrected chi connectivity index (χ0v) is 30.9. The fourth-order valence-electron chi connectivity index (χ4n) is 4.26. The normalized spacial score (nSPS) is 12.1. The average molecular weight is 676 g/mol. The predicted octanol–water partition coefficient (Wildman–Crippen LogP) is 3.64. The van der Waals surface area contributed by atoms with E-state index < -0.39 is 0 Å². The number of amides is 2. The lowest BCUT2D eigenvalue weighted by molar-refractivity contribution is -0.123. The Kier molecular flexibility index (Phi) is 28.2. The molecule has 0 atom stereocenters. The summed E-state index contributed by atoms with van der Waals surface area (Å²) < 4.78 is 32.9. The van der Waals surface area contributed by atoms with E-state index in [1.54, 1.807) is 0 Å². The molecule has 0 rings (SSSR count). The van der Waals surface area contributed by atoms with Crippen LogP contribution in [0, 0.1) is 10.8 Å². The summed E-state index contributed by atoms with van der Waals surface area (Å²) in [4.78, 5) is 37.9. The lowest BCUT2D eigenvalue weighted by Crippen LogP contribution is -2.30. The van der Waals surface area contributed by atoms with Gasteiger partial charge in [0.1, 0.15) is 5.78 Å². The van der Waals surface area contributed by atoms with E-state index in [1.807, 2.05) is 20.8 Å². The second-order valence-corrected chi connectivity index (χ2v) is 14.3.